The summed E-state index contributed by atoms with van der Waals surface area (Å²) in [5.41, 5.74) is 2.92. The Kier molecular flexibility index (Phi) is 6.96. The first-order valence-electron chi connectivity index (χ1n) is 14.4. The van der Waals surface area contributed by atoms with Gasteiger partial charge in [-0.05, 0) is 143 Å². The second-order valence-corrected chi connectivity index (χ2v) is 12.8. The Bertz CT molecular complexity index is 956. The van der Waals surface area contributed by atoms with Gasteiger partial charge in [0.25, 0.3) is 0 Å². The van der Waals surface area contributed by atoms with Crippen molar-refractivity contribution in [1.29, 1.82) is 5.26 Å². The minimum absolute atomic E-state index is 0.422. The minimum Gasteiger partial charge on any atom is -0.387 e. The van der Waals surface area contributed by atoms with E-state index in [1.54, 1.807) is 0 Å². The van der Waals surface area contributed by atoms with Gasteiger partial charge in [0.15, 0.2) is 0 Å². The zero-order valence-electron chi connectivity index (χ0n) is 22.4. The molecule has 35 heavy (non-hydrogen) atoms. The van der Waals surface area contributed by atoms with Crippen LogP contribution < -0.4 is 5.32 Å². The number of hydrogen-bond donors (Lipinski definition) is 2. The molecule has 192 valence electrons. The molecule has 2 N–H and O–H groups in total. The van der Waals surface area contributed by atoms with E-state index in [1.165, 1.54) is 56.2 Å². The summed E-state index contributed by atoms with van der Waals surface area (Å²) in [6, 6.07) is 8.72. The molecule has 4 saturated carbocycles. The number of rotatable bonds is 6. The van der Waals surface area contributed by atoms with Crippen LogP contribution in [0.1, 0.15) is 89.7 Å². The van der Waals surface area contributed by atoms with Gasteiger partial charge in [-0.25, -0.2) is 0 Å². The van der Waals surface area contributed by atoms with Crippen LogP contribution in [0.25, 0.3) is 0 Å². The Balaban J connectivity index is 1.26. The van der Waals surface area contributed by atoms with Gasteiger partial charge in [-0.3, -0.25) is 0 Å². The Hall–Kier alpha value is -1.57. The van der Waals surface area contributed by atoms with Crippen LogP contribution in [0.4, 0.5) is 5.69 Å². The van der Waals surface area contributed by atoms with Crippen molar-refractivity contribution in [1.82, 2.24) is 0 Å². The molecule has 4 nitrogen and oxygen atoms in total. The van der Waals surface area contributed by atoms with Crippen molar-refractivity contribution in [3.8, 4) is 6.07 Å². The second-order valence-electron chi connectivity index (χ2n) is 12.8. The molecule has 0 heterocycles. The van der Waals surface area contributed by atoms with E-state index >= 15 is 0 Å². The molecule has 1 aromatic rings. The van der Waals surface area contributed by atoms with Gasteiger partial charge in [0.1, 0.15) is 0 Å². The van der Waals surface area contributed by atoms with Crippen molar-refractivity contribution in [2.75, 3.05) is 18.5 Å². The fourth-order valence-corrected chi connectivity index (χ4v) is 9.49. The van der Waals surface area contributed by atoms with Crippen LogP contribution in [0.15, 0.2) is 18.2 Å². The lowest BCUT2D eigenvalue weighted by Crippen LogP contribution is -2.52. The molecule has 0 radical (unpaired) electrons. The predicted octanol–water partition coefficient (Wildman–Crippen LogP) is 6.70. The molecule has 5 rings (SSSR count). The lowest BCUT2D eigenvalue weighted by atomic mass is 9.48. The van der Waals surface area contributed by atoms with Gasteiger partial charge in [0, 0.05) is 18.3 Å². The molecule has 4 heteroatoms. The highest BCUT2D eigenvalue weighted by Gasteiger charge is 2.58. The van der Waals surface area contributed by atoms with E-state index in [-0.39, 0.29) is 0 Å². The van der Waals surface area contributed by atoms with Crippen molar-refractivity contribution in [2.24, 2.45) is 40.9 Å². The minimum atomic E-state index is -0.587. The number of nitrogens with zero attached hydrogens (tertiary/aromatic N) is 1. The average molecular weight is 479 g/mol. The Morgan fingerprint density at radius 2 is 1.91 bits per heavy atom. The summed E-state index contributed by atoms with van der Waals surface area (Å²) in [6.45, 7) is 10.4. The summed E-state index contributed by atoms with van der Waals surface area (Å²) in [5, 5.41) is 24.2. The molecular formula is C31H46N2O2. The summed E-state index contributed by atoms with van der Waals surface area (Å²) >= 11 is 0. The summed E-state index contributed by atoms with van der Waals surface area (Å²) in [6.07, 6.45) is 11.2. The lowest BCUT2D eigenvalue weighted by molar-refractivity contribution is -0.128. The van der Waals surface area contributed by atoms with Gasteiger partial charge in [-0.15, -0.1) is 0 Å². The molecule has 0 saturated heterocycles. The molecule has 9 atom stereocenters. The van der Waals surface area contributed by atoms with Crippen LogP contribution in [0.5, 0.6) is 0 Å². The van der Waals surface area contributed by atoms with E-state index in [9.17, 15) is 10.4 Å². The third-order valence-electron chi connectivity index (χ3n) is 11.1. The zero-order valence-corrected chi connectivity index (χ0v) is 22.4. The van der Waals surface area contributed by atoms with Crippen LogP contribution in [0.3, 0.4) is 0 Å². The predicted molar refractivity (Wildman–Crippen MR) is 141 cm³/mol. The van der Waals surface area contributed by atoms with Crippen molar-refractivity contribution in [3.05, 3.63) is 29.3 Å². The average Bonchev–Trinajstić information content (AvgIpc) is 3.21. The van der Waals surface area contributed by atoms with Crippen molar-refractivity contribution in [3.63, 3.8) is 0 Å². The summed E-state index contributed by atoms with van der Waals surface area (Å²) in [5.74, 6) is 4.80. The summed E-state index contributed by atoms with van der Waals surface area (Å²) < 4.78 is 5.66. The molecule has 0 spiro atoms. The fraction of sp³-hybridized carbons (Fsp3) is 0.774. The van der Waals surface area contributed by atoms with E-state index in [0.717, 1.165) is 42.1 Å². The van der Waals surface area contributed by atoms with E-state index < -0.39 is 5.60 Å². The number of ether oxygens (including phenoxy) is 1. The topological polar surface area (TPSA) is 65.3 Å². The summed E-state index contributed by atoms with van der Waals surface area (Å²) in [4.78, 5) is 0. The standard InChI is InChI=1S/C31H46N2O2/c1-5-35-19-31(34)15-13-24-23(17-31)7-8-26-25(24)12-14-30(4)27(9-10-28(26)30)21(3)33-29-11-6-22(18-32)16-20(29)2/h6,11,16,21,23-28,33-34H,5,7-10,12-15,17,19H2,1-4H3/t21-,23-,24+,25-,26-,27-,28+,30-,31-/m1/s1. The van der Waals surface area contributed by atoms with Gasteiger partial charge >= 0.3 is 0 Å². The lowest BCUT2D eigenvalue weighted by Gasteiger charge is -2.57. The molecule has 0 aromatic heterocycles. The maximum atomic E-state index is 11.1. The first-order valence-corrected chi connectivity index (χ1v) is 14.4. The van der Waals surface area contributed by atoms with Crippen molar-refractivity contribution < 1.29 is 9.84 Å². The van der Waals surface area contributed by atoms with Gasteiger partial charge in [0.05, 0.1) is 23.8 Å². The zero-order chi connectivity index (χ0) is 24.8. The number of aryl methyl sites for hydroxylation is 1. The third-order valence-corrected chi connectivity index (χ3v) is 11.1. The van der Waals surface area contributed by atoms with E-state index in [4.69, 9.17) is 4.74 Å². The number of aliphatic hydroxyl groups is 1. The molecule has 1 aromatic carbocycles. The smallest absolute Gasteiger partial charge is 0.0991 e. The maximum absolute atomic E-state index is 11.1. The normalized spacial score (nSPS) is 41.3. The molecule has 0 unspecified atom stereocenters. The number of nitriles is 1. The highest BCUT2D eigenvalue weighted by Crippen LogP contribution is 2.65. The maximum Gasteiger partial charge on any atom is 0.0991 e. The largest absolute Gasteiger partial charge is 0.387 e. The number of anilines is 1. The number of benzene rings is 1. The fourth-order valence-electron chi connectivity index (χ4n) is 9.49. The monoisotopic (exact) mass is 478 g/mol. The van der Waals surface area contributed by atoms with E-state index in [2.05, 4.69) is 38.2 Å². The number of hydrogen-bond acceptors (Lipinski definition) is 4. The highest BCUT2D eigenvalue weighted by atomic mass is 16.5. The van der Waals surface area contributed by atoms with Crippen LogP contribution in [-0.2, 0) is 4.74 Å². The van der Waals surface area contributed by atoms with E-state index in [1.807, 2.05) is 19.1 Å². The van der Waals surface area contributed by atoms with Gasteiger partial charge < -0.3 is 15.2 Å². The first kappa shape index (κ1) is 25.1. The molecule has 4 aliphatic rings. The van der Waals surface area contributed by atoms with Gasteiger partial charge in [-0.1, -0.05) is 6.92 Å². The van der Waals surface area contributed by atoms with Crippen LogP contribution >= 0.6 is 0 Å². The molecular weight excluding hydrogens is 432 g/mol. The molecule has 0 amide bonds. The van der Waals surface area contributed by atoms with Crippen LogP contribution in [-0.4, -0.2) is 30.0 Å². The molecule has 4 aliphatic carbocycles. The first-order chi connectivity index (χ1) is 16.8. The van der Waals surface area contributed by atoms with Crippen LogP contribution in [0, 0.1) is 59.2 Å². The Morgan fingerprint density at radius 3 is 2.66 bits per heavy atom. The highest BCUT2D eigenvalue weighted by molar-refractivity contribution is 5.54. The second kappa shape index (κ2) is 9.71. The molecule has 0 bridgehead atoms. The van der Waals surface area contributed by atoms with Gasteiger partial charge in [-0.2, -0.15) is 5.26 Å². The Morgan fingerprint density at radius 1 is 1.11 bits per heavy atom. The van der Waals surface area contributed by atoms with E-state index in [0.29, 0.717) is 36.5 Å². The van der Waals surface area contributed by atoms with Crippen LogP contribution in [0.2, 0.25) is 0 Å². The van der Waals surface area contributed by atoms with Gasteiger partial charge in [0.2, 0.25) is 0 Å². The quantitative estimate of drug-likeness (QED) is 0.477. The SMILES string of the molecule is CCOC[C@@]1(O)CC[C@H]2[C@H](CC[C@@H]3[C@@H]2CC[C@]2(C)[C@@H]([C@@H](C)Nc4ccc(C#N)cc4C)CC[C@@H]32)C1. The molecule has 0 aliphatic heterocycles. The Labute approximate surface area is 212 Å². The van der Waals surface area contributed by atoms with Crippen molar-refractivity contribution in [2.45, 2.75) is 97.1 Å². The summed E-state index contributed by atoms with van der Waals surface area (Å²) in [7, 11) is 0. The number of fused-ring (bicyclic) bond motifs is 5. The number of nitrogens with one attached hydrogen (secondary N) is 1. The third kappa shape index (κ3) is 4.53. The molecule has 4 fully saturated rings. The van der Waals surface area contributed by atoms with Crippen molar-refractivity contribution >= 4 is 5.69 Å².